The first-order valence-corrected chi connectivity index (χ1v) is 14.3. The zero-order valence-corrected chi connectivity index (χ0v) is 23.8. The van der Waals surface area contributed by atoms with Crippen molar-refractivity contribution >= 4 is 33.8 Å². The van der Waals surface area contributed by atoms with Crippen LogP contribution in [0.4, 0.5) is 0 Å². The molecule has 40 heavy (non-hydrogen) atoms. The Labute approximate surface area is 243 Å². The number of benzene rings is 3. The highest BCUT2D eigenvalue weighted by Gasteiger charge is 2.54. The normalized spacial score (nSPS) is 20.8. The van der Waals surface area contributed by atoms with Crippen LogP contribution in [-0.2, 0) is 14.3 Å². The van der Waals surface area contributed by atoms with E-state index < -0.39 is 11.6 Å². The third-order valence-electron chi connectivity index (χ3n) is 7.03. The van der Waals surface area contributed by atoms with E-state index in [2.05, 4.69) is 15.9 Å². The zero-order chi connectivity index (χ0) is 27.8. The van der Waals surface area contributed by atoms with Crippen LogP contribution in [0, 0.1) is 0 Å². The Kier molecular flexibility index (Phi) is 9.31. The molecule has 3 aromatic rings. The lowest BCUT2D eigenvalue weighted by atomic mass is 9.83. The quantitative estimate of drug-likeness (QED) is 0.312. The number of aliphatic hydroxyl groups excluding tert-OH is 1. The molecule has 0 spiro atoms. The number of hydrogen-bond donors (Lipinski definition) is 1. The lowest BCUT2D eigenvalue weighted by Gasteiger charge is -2.36. The zero-order valence-electron chi connectivity index (χ0n) is 22.2. The van der Waals surface area contributed by atoms with Crippen LogP contribution in [0.3, 0.4) is 0 Å². The number of carbonyl (C=O) groups excluding carboxylic acids is 1. The molecule has 3 aromatic carbocycles. The predicted molar refractivity (Wildman–Crippen MR) is 158 cm³/mol. The predicted octanol–water partition coefficient (Wildman–Crippen LogP) is 5.43. The fourth-order valence-electron chi connectivity index (χ4n) is 4.94. The summed E-state index contributed by atoms with van der Waals surface area (Å²) in [6.07, 6.45) is 4.32. The topological polar surface area (TPSA) is 80.6 Å². The molecular formula is C32H33BrN2O5. The van der Waals surface area contributed by atoms with Crippen LogP contribution in [0.1, 0.15) is 35.6 Å². The molecule has 1 N–H and O–H groups in total. The Hall–Kier alpha value is -3.46. The molecule has 0 unspecified atom stereocenters. The third-order valence-corrected chi connectivity index (χ3v) is 7.75. The molecular weight excluding hydrogens is 572 g/mol. The van der Waals surface area contributed by atoms with Crippen LogP contribution in [0.15, 0.2) is 94.4 Å². The Morgan fingerprint density at radius 1 is 1.05 bits per heavy atom. The van der Waals surface area contributed by atoms with E-state index in [1.807, 2.05) is 95.9 Å². The molecule has 2 heterocycles. The molecule has 1 amide bonds. The minimum atomic E-state index is -1.21. The summed E-state index contributed by atoms with van der Waals surface area (Å²) in [7, 11) is 0. The molecule has 0 aromatic heterocycles. The van der Waals surface area contributed by atoms with Gasteiger partial charge >= 0.3 is 0 Å². The first-order valence-electron chi connectivity index (χ1n) is 13.5. The molecule has 208 valence electrons. The highest BCUT2D eigenvalue weighted by molar-refractivity contribution is 9.10. The Bertz CT molecular complexity index is 1340. The van der Waals surface area contributed by atoms with E-state index in [1.165, 1.54) is 0 Å². The summed E-state index contributed by atoms with van der Waals surface area (Å²) >= 11 is 3.70. The fourth-order valence-corrected chi connectivity index (χ4v) is 5.44. The number of morpholine rings is 1. The lowest BCUT2D eigenvalue weighted by molar-refractivity contribution is -0.143. The van der Waals surface area contributed by atoms with Crippen molar-refractivity contribution in [3.8, 4) is 5.75 Å². The summed E-state index contributed by atoms with van der Waals surface area (Å²) in [5, 5.41) is 9.03. The second-order valence-electron chi connectivity index (χ2n) is 9.73. The van der Waals surface area contributed by atoms with Crippen molar-refractivity contribution in [1.82, 2.24) is 4.90 Å². The molecule has 2 aliphatic heterocycles. The largest absolute Gasteiger partial charge is 0.494 e. The summed E-state index contributed by atoms with van der Waals surface area (Å²) in [5.74, 6) is 1.03. The SMILES string of the molecule is O=C(N1CCOCC1)[C@]1(C/C=C/c2ccccc2)N=C(c2ccc(OCCCO)cc2)O[C@@H]1c1ccccc1Br. The third kappa shape index (κ3) is 6.30. The van der Waals surface area contributed by atoms with Crippen molar-refractivity contribution in [1.29, 1.82) is 0 Å². The van der Waals surface area contributed by atoms with Gasteiger partial charge in [-0.25, -0.2) is 4.99 Å². The van der Waals surface area contributed by atoms with Crippen LogP contribution in [0.25, 0.3) is 6.08 Å². The second-order valence-corrected chi connectivity index (χ2v) is 10.6. The van der Waals surface area contributed by atoms with Crippen molar-refractivity contribution in [2.24, 2.45) is 4.99 Å². The van der Waals surface area contributed by atoms with Gasteiger partial charge in [0.05, 0.1) is 19.8 Å². The number of rotatable bonds is 10. The number of nitrogens with zero attached hydrogens (tertiary/aromatic N) is 2. The van der Waals surface area contributed by atoms with E-state index in [4.69, 9.17) is 24.3 Å². The number of ether oxygens (including phenoxy) is 3. The molecule has 2 aliphatic rings. The molecule has 0 aliphatic carbocycles. The molecule has 0 saturated carbocycles. The average Bonchev–Trinajstić information content (AvgIpc) is 3.39. The Morgan fingerprint density at radius 2 is 1.77 bits per heavy atom. The first-order chi connectivity index (χ1) is 19.6. The van der Waals surface area contributed by atoms with Crippen molar-refractivity contribution in [2.45, 2.75) is 24.5 Å². The van der Waals surface area contributed by atoms with Crippen LogP contribution in [0.2, 0.25) is 0 Å². The van der Waals surface area contributed by atoms with Crippen LogP contribution >= 0.6 is 15.9 Å². The number of aliphatic hydroxyl groups is 1. The molecule has 5 rings (SSSR count). The van der Waals surface area contributed by atoms with Crippen molar-refractivity contribution in [2.75, 3.05) is 39.5 Å². The van der Waals surface area contributed by atoms with Gasteiger partial charge in [-0.2, -0.15) is 0 Å². The summed E-state index contributed by atoms with van der Waals surface area (Å²) in [6, 6.07) is 25.3. The van der Waals surface area contributed by atoms with Gasteiger partial charge in [0.2, 0.25) is 5.90 Å². The molecule has 1 saturated heterocycles. The van der Waals surface area contributed by atoms with Gasteiger partial charge in [0.15, 0.2) is 11.6 Å². The highest BCUT2D eigenvalue weighted by Crippen LogP contribution is 2.46. The minimum Gasteiger partial charge on any atom is -0.494 e. The van der Waals surface area contributed by atoms with Crippen LogP contribution in [-0.4, -0.2) is 66.9 Å². The van der Waals surface area contributed by atoms with E-state index in [9.17, 15) is 4.79 Å². The van der Waals surface area contributed by atoms with E-state index in [1.54, 1.807) is 0 Å². The first kappa shape index (κ1) is 28.1. The number of carbonyl (C=O) groups is 1. The molecule has 8 heteroatoms. The maximum absolute atomic E-state index is 14.4. The summed E-state index contributed by atoms with van der Waals surface area (Å²) in [5.41, 5.74) is 1.46. The van der Waals surface area contributed by atoms with Gasteiger partial charge in [-0.15, -0.1) is 0 Å². The van der Waals surface area contributed by atoms with Gasteiger partial charge in [0.25, 0.3) is 5.91 Å². The Balaban J connectivity index is 1.55. The maximum atomic E-state index is 14.4. The fraction of sp³-hybridized carbons (Fsp3) is 0.312. The smallest absolute Gasteiger partial charge is 0.255 e. The van der Waals surface area contributed by atoms with Crippen LogP contribution < -0.4 is 4.74 Å². The highest BCUT2D eigenvalue weighted by atomic mass is 79.9. The van der Waals surface area contributed by atoms with Gasteiger partial charge < -0.3 is 24.2 Å². The van der Waals surface area contributed by atoms with Gasteiger partial charge in [0, 0.05) is 48.1 Å². The molecule has 1 fully saturated rings. The van der Waals surface area contributed by atoms with Gasteiger partial charge in [-0.05, 0) is 35.9 Å². The average molecular weight is 606 g/mol. The van der Waals surface area contributed by atoms with Crippen LogP contribution in [0.5, 0.6) is 5.75 Å². The molecule has 0 radical (unpaired) electrons. The van der Waals surface area contributed by atoms with E-state index >= 15 is 0 Å². The summed E-state index contributed by atoms with van der Waals surface area (Å²) < 4.78 is 18.7. The maximum Gasteiger partial charge on any atom is 0.255 e. The van der Waals surface area contributed by atoms with Gasteiger partial charge in [-0.3, -0.25) is 4.79 Å². The van der Waals surface area contributed by atoms with Crippen molar-refractivity contribution in [3.63, 3.8) is 0 Å². The summed E-state index contributed by atoms with van der Waals surface area (Å²) in [4.78, 5) is 21.4. The van der Waals surface area contributed by atoms with E-state index in [0.29, 0.717) is 57.4 Å². The number of aliphatic imine (C=N–C) groups is 1. The Morgan fingerprint density at radius 3 is 2.50 bits per heavy atom. The molecule has 7 nitrogen and oxygen atoms in total. The monoisotopic (exact) mass is 604 g/mol. The standard InChI is InChI=1S/C32H33BrN2O5/c33-28-12-5-4-11-27(28)29-32(31(37)35-18-22-38-23-19-35,17-6-10-24-8-2-1-3-9-24)34-30(40-29)25-13-15-26(16-14-25)39-21-7-20-36/h1-6,8-16,29,36H,7,17-23H2/b10-6+/t29-,32-/m1/s1. The van der Waals surface area contributed by atoms with Crippen molar-refractivity contribution in [3.05, 3.63) is 106 Å². The number of amides is 1. The van der Waals surface area contributed by atoms with E-state index in [0.717, 1.165) is 21.2 Å². The summed E-state index contributed by atoms with van der Waals surface area (Å²) in [6.45, 7) is 2.53. The minimum absolute atomic E-state index is 0.0757. The molecule has 2 atom stereocenters. The number of halogens is 1. The number of hydrogen-bond acceptors (Lipinski definition) is 6. The van der Waals surface area contributed by atoms with E-state index in [-0.39, 0.29) is 12.5 Å². The second kappa shape index (κ2) is 13.3. The lowest BCUT2D eigenvalue weighted by Crippen LogP contribution is -2.53. The van der Waals surface area contributed by atoms with Gasteiger partial charge in [-0.1, -0.05) is 76.6 Å². The van der Waals surface area contributed by atoms with Gasteiger partial charge in [0.1, 0.15) is 5.75 Å². The van der Waals surface area contributed by atoms with Crippen molar-refractivity contribution < 1.29 is 24.1 Å². The molecule has 0 bridgehead atoms.